The third-order valence-electron chi connectivity index (χ3n) is 2.64. The molecule has 0 bridgehead atoms. The molecule has 104 valence electrons. The number of halogens is 1. The van der Waals surface area contributed by atoms with E-state index in [0.29, 0.717) is 5.76 Å². The number of nitro groups is 1. The summed E-state index contributed by atoms with van der Waals surface area (Å²) in [5, 5.41) is 13.5. The molecule has 1 N–H and O–H groups in total. The highest BCUT2D eigenvalue weighted by Crippen LogP contribution is 2.28. The van der Waals surface area contributed by atoms with Crippen LogP contribution in [0.1, 0.15) is 21.9 Å². The lowest BCUT2D eigenvalue weighted by molar-refractivity contribution is -0.385. The Morgan fingerprint density at radius 3 is 2.75 bits per heavy atom. The van der Waals surface area contributed by atoms with Crippen LogP contribution in [0.3, 0.4) is 0 Å². The number of hydrogen-bond acceptors (Lipinski definition) is 4. The van der Waals surface area contributed by atoms with Crippen molar-refractivity contribution < 1.29 is 14.1 Å². The van der Waals surface area contributed by atoms with Gasteiger partial charge in [-0.25, -0.2) is 0 Å². The zero-order valence-electron chi connectivity index (χ0n) is 10.6. The van der Waals surface area contributed by atoms with Crippen LogP contribution in [0.4, 0.5) is 5.69 Å². The highest BCUT2D eigenvalue weighted by Gasteiger charge is 2.19. The van der Waals surface area contributed by atoms with E-state index in [1.54, 1.807) is 12.1 Å². The van der Waals surface area contributed by atoms with Gasteiger partial charge in [-0.2, -0.15) is 0 Å². The molecule has 2 aromatic rings. The van der Waals surface area contributed by atoms with Crippen molar-refractivity contribution in [1.29, 1.82) is 0 Å². The molecule has 0 radical (unpaired) electrons. The van der Waals surface area contributed by atoms with E-state index in [1.165, 1.54) is 18.2 Å². The van der Waals surface area contributed by atoms with Gasteiger partial charge in [0.05, 0.1) is 17.0 Å². The van der Waals surface area contributed by atoms with Gasteiger partial charge >= 0.3 is 0 Å². The Balaban J connectivity index is 2.13. The van der Waals surface area contributed by atoms with E-state index in [-0.39, 0.29) is 22.3 Å². The van der Waals surface area contributed by atoms with E-state index in [1.807, 2.05) is 6.92 Å². The molecule has 1 aromatic heterocycles. The molecule has 7 heteroatoms. The lowest BCUT2D eigenvalue weighted by Crippen LogP contribution is -2.23. The molecule has 20 heavy (non-hydrogen) atoms. The van der Waals surface area contributed by atoms with Gasteiger partial charge in [-0.3, -0.25) is 14.9 Å². The van der Waals surface area contributed by atoms with Crippen LogP contribution in [-0.2, 0) is 6.54 Å². The summed E-state index contributed by atoms with van der Waals surface area (Å²) >= 11 is 3.09. The van der Waals surface area contributed by atoms with Gasteiger partial charge in [-0.1, -0.05) is 6.07 Å². The van der Waals surface area contributed by atoms with Gasteiger partial charge < -0.3 is 9.73 Å². The normalized spacial score (nSPS) is 10.3. The molecule has 0 saturated heterocycles. The van der Waals surface area contributed by atoms with Crippen molar-refractivity contribution in [3.05, 3.63) is 62.0 Å². The maximum absolute atomic E-state index is 12.0. The molecule has 1 aromatic carbocycles. The van der Waals surface area contributed by atoms with Crippen molar-refractivity contribution >= 4 is 27.5 Å². The number of rotatable bonds is 4. The summed E-state index contributed by atoms with van der Waals surface area (Å²) in [6.45, 7) is 2.03. The van der Waals surface area contributed by atoms with Crippen molar-refractivity contribution in [3.63, 3.8) is 0 Å². The van der Waals surface area contributed by atoms with Gasteiger partial charge in [0, 0.05) is 6.07 Å². The van der Waals surface area contributed by atoms with Gasteiger partial charge in [0.1, 0.15) is 16.0 Å². The fourth-order valence-electron chi connectivity index (χ4n) is 1.68. The van der Waals surface area contributed by atoms with E-state index in [4.69, 9.17) is 4.42 Å². The zero-order valence-corrected chi connectivity index (χ0v) is 12.1. The van der Waals surface area contributed by atoms with Crippen LogP contribution in [0, 0.1) is 17.0 Å². The van der Waals surface area contributed by atoms with Crippen LogP contribution in [0.25, 0.3) is 0 Å². The lowest BCUT2D eigenvalue weighted by Gasteiger charge is -2.05. The molecule has 0 fully saturated rings. The van der Waals surface area contributed by atoms with Crippen LogP contribution in [0.15, 0.2) is 39.2 Å². The van der Waals surface area contributed by atoms with Crippen molar-refractivity contribution in [2.75, 3.05) is 0 Å². The molecule has 6 nitrogen and oxygen atoms in total. The van der Waals surface area contributed by atoms with Crippen molar-refractivity contribution in [1.82, 2.24) is 5.32 Å². The summed E-state index contributed by atoms with van der Waals surface area (Å²) in [6.07, 6.45) is 0. The number of amides is 1. The second kappa shape index (κ2) is 5.87. The Labute approximate surface area is 123 Å². The van der Waals surface area contributed by atoms with E-state index >= 15 is 0 Å². The smallest absolute Gasteiger partial charge is 0.284 e. The van der Waals surface area contributed by atoms with Gasteiger partial charge in [0.25, 0.3) is 11.6 Å². The van der Waals surface area contributed by atoms with E-state index < -0.39 is 10.8 Å². The highest BCUT2D eigenvalue weighted by atomic mass is 79.9. The largest absolute Gasteiger partial charge is 0.465 e. The van der Waals surface area contributed by atoms with Crippen LogP contribution >= 0.6 is 15.9 Å². The monoisotopic (exact) mass is 338 g/mol. The number of hydrogen-bond donors (Lipinski definition) is 1. The van der Waals surface area contributed by atoms with Crippen molar-refractivity contribution in [2.45, 2.75) is 13.5 Å². The molecular formula is C13H11BrN2O4. The third-order valence-corrected chi connectivity index (χ3v) is 3.47. The summed E-state index contributed by atoms with van der Waals surface area (Å²) in [7, 11) is 0. The number of nitrogens with zero attached hydrogens (tertiary/aromatic N) is 1. The molecular weight excluding hydrogens is 328 g/mol. The maximum atomic E-state index is 12.0. The minimum atomic E-state index is -0.545. The van der Waals surface area contributed by atoms with Gasteiger partial charge in [0.2, 0.25) is 0 Å². The number of aryl methyl sites for hydroxylation is 1. The lowest BCUT2D eigenvalue weighted by atomic mass is 10.2. The first-order valence-electron chi connectivity index (χ1n) is 5.75. The Hall–Kier alpha value is -2.15. The fraction of sp³-hybridized carbons (Fsp3) is 0.154. The van der Waals surface area contributed by atoms with E-state index in [9.17, 15) is 14.9 Å². The average molecular weight is 339 g/mol. The summed E-state index contributed by atoms with van der Waals surface area (Å²) in [4.78, 5) is 22.3. The number of nitro benzene ring substituents is 1. The van der Waals surface area contributed by atoms with Crippen LogP contribution < -0.4 is 5.32 Å². The molecule has 0 aliphatic rings. The van der Waals surface area contributed by atoms with Crippen LogP contribution in [0.2, 0.25) is 0 Å². The molecule has 0 aliphatic carbocycles. The summed E-state index contributed by atoms with van der Waals surface area (Å²) in [6, 6.07) is 7.87. The molecule has 1 heterocycles. The maximum Gasteiger partial charge on any atom is 0.284 e. The number of carbonyl (C=O) groups is 1. The number of furan rings is 1. The number of nitrogens with one attached hydrogen (secondary N) is 1. The highest BCUT2D eigenvalue weighted by molar-refractivity contribution is 9.10. The first-order chi connectivity index (χ1) is 9.49. The average Bonchev–Trinajstić information content (AvgIpc) is 2.81. The molecule has 1 amide bonds. The number of benzene rings is 1. The topological polar surface area (TPSA) is 85.4 Å². The van der Waals surface area contributed by atoms with E-state index in [0.717, 1.165) is 5.76 Å². The Kier molecular flexibility index (Phi) is 4.19. The second-order valence-corrected chi connectivity index (χ2v) is 4.88. The zero-order chi connectivity index (χ0) is 14.7. The first kappa shape index (κ1) is 14.3. The predicted octanol–water partition coefficient (Wildman–Crippen LogP) is 3.19. The first-order valence-corrected chi connectivity index (χ1v) is 6.54. The van der Waals surface area contributed by atoms with Gasteiger partial charge in [-0.05, 0) is 41.1 Å². The standard InChI is InChI=1S/C13H11BrN2O4/c1-8-5-6-9(20-8)7-15-13(17)10-3-2-4-11(12(10)14)16(18)19/h2-6H,7H2,1H3,(H,15,17). The van der Waals surface area contributed by atoms with Crippen LogP contribution in [0.5, 0.6) is 0 Å². The fourth-order valence-corrected chi connectivity index (χ4v) is 2.27. The summed E-state index contributed by atoms with van der Waals surface area (Å²) in [5.74, 6) is 0.970. The Morgan fingerprint density at radius 1 is 1.40 bits per heavy atom. The third kappa shape index (κ3) is 3.05. The SMILES string of the molecule is Cc1ccc(CNC(=O)c2cccc([N+](=O)[O-])c2Br)o1. The quantitative estimate of drug-likeness (QED) is 0.685. The second-order valence-electron chi connectivity index (χ2n) is 4.09. The van der Waals surface area contributed by atoms with Crippen LogP contribution in [-0.4, -0.2) is 10.8 Å². The number of carbonyl (C=O) groups excluding carboxylic acids is 1. The minimum absolute atomic E-state index is 0.147. The summed E-state index contributed by atoms with van der Waals surface area (Å²) in [5.41, 5.74) is 0.0639. The molecule has 0 spiro atoms. The van der Waals surface area contributed by atoms with Crippen molar-refractivity contribution in [3.8, 4) is 0 Å². The molecule has 0 atom stereocenters. The Morgan fingerprint density at radius 2 is 2.15 bits per heavy atom. The van der Waals surface area contributed by atoms with Crippen molar-refractivity contribution in [2.24, 2.45) is 0 Å². The summed E-state index contributed by atoms with van der Waals surface area (Å²) < 4.78 is 5.49. The molecule has 0 aliphatic heterocycles. The molecule has 0 unspecified atom stereocenters. The molecule has 2 rings (SSSR count). The van der Waals surface area contributed by atoms with E-state index in [2.05, 4.69) is 21.2 Å². The van der Waals surface area contributed by atoms with Gasteiger partial charge in [0.15, 0.2) is 0 Å². The molecule has 0 saturated carbocycles. The minimum Gasteiger partial charge on any atom is -0.465 e. The predicted molar refractivity (Wildman–Crippen MR) is 75.4 cm³/mol. The van der Waals surface area contributed by atoms with Gasteiger partial charge in [-0.15, -0.1) is 0 Å². The Bertz CT molecular complexity index is 666.